The number of hydrogen-bond acceptors (Lipinski definition) is 6. The lowest BCUT2D eigenvalue weighted by Crippen LogP contribution is -1.94. The molecule has 0 amide bonds. The first kappa shape index (κ1) is 20.1. The molecule has 0 aliphatic carbocycles. The van der Waals surface area contributed by atoms with E-state index in [-0.39, 0.29) is 0 Å². The monoisotopic (exact) mass is 447 g/mol. The summed E-state index contributed by atoms with van der Waals surface area (Å²) in [6.07, 6.45) is 3.59. The van der Waals surface area contributed by atoms with Crippen LogP contribution < -0.4 is 4.74 Å². The average Bonchev–Trinajstić information content (AvgIpc) is 3.46. The molecule has 0 bridgehead atoms. The maximum Gasteiger partial charge on any atom is 0.167 e. The number of aryl methyl sites for hydroxylation is 2. The van der Waals surface area contributed by atoms with E-state index in [4.69, 9.17) is 19.3 Å². The molecule has 0 aliphatic rings. The maximum absolute atomic E-state index is 5.79. The van der Waals surface area contributed by atoms with Gasteiger partial charge in [-0.05, 0) is 24.6 Å². The third kappa shape index (κ3) is 3.13. The number of nitrogens with zero attached hydrogens (tertiary/aromatic N) is 5. The quantitative estimate of drug-likeness (QED) is 0.339. The second-order valence-corrected chi connectivity index (χ2v) is 8.17. The lowest BCUT2D eigenvalue weighted by atomic mass is 9.96. The molecule has 6 rings (SSSR count). The molecule has 0 N–H and O–H groups in total. The first-order valence-electron chi connectivity index (χ1n) is 10.9. The summed E-state index contributed by atoms with van der Waals surface area (Å²) in [5.41, 5.74) is 7.93. The first-order valence-corrected chi connectivity index (χ1v) is 10.9. The Labute approximate surface area is 195 Å². The van der Waals surface area contributed by atoms with Gasteiger partial charge in [-0.25, -0.2) is 9.97 Å². The smallest absolute Gasteiger partial charge is 0.167 e. The molecule has 7 nitrogen and oxygen atoms in total. The number of benzene rings is 3. The average molecular weight is 447 g/mol. The van der Waals surface area contributed by atoms with Crippen LogP contribution in [0, 0.1) is 6.92 Å². The molecule has 0 radical (unpaired) electrons. The summed E-state index contributed by atoms with van der Waals surface area (Å²) in [6, 6.07) is 20.1. The summed E-state index contributed by atoms with van der Waals surface area (Å²) in [5.74, 6) is 0.722. The van der Waals surface area contributed by atoms with E-state index in [1.54, 1.807) is 13.4 Å². The van der Waals surface area contributed by atoms with Crippen LogP contribution in [0.25, 0.3) is 55.5 Å². The zero-order valence-corrected chi connectivity index (χ0v) is 19.0. The molecule has 0 spiro atoms. The number of rotatable bonds is 4. The predicted molar refractivity (Wildman–Crippen MR) is 131 cm³/mol. The second kappa shape index (κ2) is 7.81. The molecule has 34 heavy (non-hydrogen) atoms. The summed E-state index contributed by atoms with van der Waals surface area (Å²) in [5, 5.41) is 10.8. The minimum Gasteiger partial charge on any atom is -0.496 e. The van der Waals surface area contributed by atoms with E-state index in [1.165, 1.54) is 0 Å². The van der Waals surface area contributed by atoms with Crippen LogP contribution in [-0.4, -0.2) is 32.0 Å². The highest BCUT2D eigenvalue weighted by Crippen LogP contribution is 2.41. The summed E-state index contributed by atoms with van der Waals surface area (Å²) < 4.78 is 13.1. The number of ether oxygens (including phenoxy) is 1. The molecule has 3 aromatic heterocycles. The van der Waals surface area contributed by atoms with E-state index >= 15 is 0 Å². The molecule has 6 aromatic rings. The van der Waals surface area contributed by atoms with E-state index in [0.717, 1.165) is 67.0 Å². The van der Waals surface area contributed by atoms with E-state index in [1.807, 2.05) is 61.2 Å². The van der Waals surface area contributed by atoms with E-state index in [2.05, 4.69) is 34.4 Å². The van der Waals surface area contributed by atoms with Crippen molar-refractivity contribution in [3.8, 4) is 39.4 Å². The molecule has 7 heteroatoms. The standard InChI is InChI=1S/C27H21N5O2/c1-16-25-18(10-7-11-23(25)34-31-16)19-12-20-22(13-24(19)33-3)28-15-29-27(20)21-14-32(2)30-26(21)17-8-5-4-6-9-17/h4-15H,1-3H3. The van der Waals surface area contributed by atoms with Gasteiger partial charge in [0.15, 0.2) is 5.58 Å². The van der Waals surface area contributed by atoms with Gasteiger partial charge in [0.1, 0.15) is 17.8 Å². The topological polar surface area (TPSA) is 78.9 Å². The van der Waals surface area contributed by atoms with E-state index < -0.39 is 0 Å². The van der Waals surface area contributed by atoms with Crippen molar-refractivity contribution in [2.75, 3.05) is 7.11 Å². The lowest BCUT2D eigenvalue weighted by Gasteiger charge is -2.13. The van der Waals surface area contributed by atoms with Crippen molar-refractivity contribution < 1.29 is 9.26 Å². The van der Waals surface area contributed by atoms with Crippen LogP contribution >= 0.6 is 0 Å². The minimum absolute atomic E-state index is 0.722. The van der Waals surface area contributed by atoms with Crippen LogP contribution in [0.5, 0.6) is 5.75 Å². The fraction of sp³-hybridized carbons (Fsp3) is 0.111. The van der Waals surface area contributed by atoms with Crippen molar-refractivity contribution in [3.05, 3.63) is 78.9 Å². The van der Waals surface area contributed by atoms with Crippen molar-refractivity contribution >= 4 is 21.9 Å². The molecule has 0 saturated carbocycles. The van der Waals surface area contributed by atoms with Crippen molar-refractivity contribution in [3.63, 3.8) is 0 Å². The number of fused-ring (bicyclic) bond motifs is 2. The molecule has 0 atom stereocenters. The molecule has 0 fully saturated rings. The second-order valence-electron chi connectivity index (χ2n) is 8.17. The Balaban J connectivity index is 1.65. The van der Waals surface area contributed by atoms with Gasteiger partial charge < -0.3 is 9.26 Å². The Morgan fingerprint density at radius 1 is 0.882 bits per heavy atom. The Hall–Kier alpha value is -4.52. The summed E-state index contributed by atoms with van der Waals surface area (Å²) in [4.78, 5) is 9.24. The van der Waals surface area contributed by atoms with E-state index in [9.17, 15) is 0 Å². The molecule has 0 aliphatic heterocycles. The summed E-state index contributed by atoms with van der Waals surface area (Å²) in [7, 11) is 3.59. The van der Waals surface area contributed by atoms with Crippen molar-refractivity contribution in [1.82, 2.24) is 24.9 Å². The summed E-state index contributed by atoms with van der Waals surface area (Å²) >= 11 is 0. The van der Waals surface area contributed by atoms with Crippen LogP contribution in [0.4, 0.5) is 0 Å². The van der Waals surface area contributed by atoms with Gasteiger partial charge in [0, 0.05) is 41.4 Å². The molecule has 0 saturated heterocycles. The van der Waals surface area contributed by atoms with Gasteiger partial charge in [0.05, 0.1) is 29.4 Å². The lowest BCUT2D eigenvalue weighted by molar-refractivity contribution is 0.417. The molecular weight excluding hydrogens is 426 g/mol. The molecule has 0 unspecified atom stereocenters. The van der Waals surface area contributed by atoms with E-state index in [0.29, 0.717) is 0 Å². The molecular formula is C27H21N5O2. The molecule has 166 valence electrons. The van der Waals surface area contributed by atoms with Gasteiger partial charge in [-0.15, -0.1) is 0 Å². The van der Waals surface area contributed by atoms with Crippen molar-refractivity contribution in [1.29, 1.82) is 0 Å². The maximum atomic E-state index is 5.79. The van der Waals surface area contributed by atoms with Crippen LogP contribution in [0.3, 0.4) is 0 Å². The largest absolute Gasteiger partial charge is 0.496 e. The van der Waals surface area contributed by atoms with Crippen LogP contribution in [0.2, 0.25) is 0 Å². The summed E-state index contributed by atoms with van der Waals surface area (Å²) in [6.45, 7) is 1.94. The fourth-order valence-corrected chi connectivity index (χ4v) is 4.52. The SMILES string of the molecule is COc1cc2ncnc(-c3cn(C)nc3-c3ccccc3)c2cc1-c1cccc2onc(C)c12. The van der Waals surface area contributed by atoms with Gasteiger partial charge in [0.25, 0.3) is 0 Å². The van der Waals surface area contributed by atoms with Gasteiger partial charge in [-0.2, -0.15) is 5.10 Å². The highest BCUT2D eigenvalue weighted by molar-refractivity contribution is 6.03. The van der Waals surface area contributed by atoms with Gasteiger partial charge in [-0.3, -0.25) is 4.68 Å². The van der Waals surface area contributed by atoms with Crippen LogP contribution in [-0.2, 0) is 7.05 Å². The Morgan fingerprint density at radius 3 is 2.56 bits per heavy atom. The first-order chi connectivity index (χ1) is 16.6. The minimum atomic E-state index is 0.722. The number of aromatic nitrogens is 5. The molecule has 3 heterocycles. The number of hydrogen-bond donors (Lipinski definition) is 0. The molecule has 3 aromatic carbocycles. The third-order valence-corrected chi connectivity index (χ3v) is 6.05. The van der Waals surface area contributed by atoms with Crippen LogP contribution in [0.1, 0.15) is 5.69 Å². The highest BCUT2D eigenvalue weighted by Gasteiger charge is 2.20. The van der Waals surface area contributed by atoms with Gasteiger partial charge in [-0.1, -0.05) is 47.6 Å². The van der Waals surface area contributed by atoms with Crippen molar-refractivity contribution in [2.24, 2.45) is 7.05 Å². The Kier molecular flexibility index (Phi) is 4.62. The van der Waals surface area contributed by atoms with Gasteiger partial charge >= 0.3 is 0 Å². The fourth-order valence-electron chi connectivity index (χ4n) is 4.52. The van der Waals surface area contributed by atoms with Crippen LogP contribution in [0.15, 0.2) is 77.7 Å². The Bertz CT molecular complexity index is 1670. The Morgan fingerprint density at radius 2 is 1.74 bits per heavy atom. The van der Waals surface area contributed by atoms with Crippen molar-refractivity contribution in [2.45, 2.75) is 6.92 Å². The zero-order chi connectivity index (χ0) is 23.2. The highest BCUT2D eigenvalue weighted by atomic mass is 16.5. The third-order valence-electron chi connectivity index (χ3n) is 6.05. The normalized spacial score (nSPS) is 11.4. The van der Waals surface area contributed by atoms with Gasteiger partial charge in [0.2, 0.25) is 0 Å². The zero-order valence-electron chi connectivity index (χ0n) is 19.0. The predicted octanol–water partition coefficient (Wildman–Crippen LogP) is 5.82. The number of methoxy groups -OCH3 is 1.